The Kier molecular flexibility index (Phi) is 7.34. The number of nitrogens with two attached hydrogens (primary N) is 2. The smallest absolute Gasteiger partial charge is 0.139 e. The second-order valence-electron chi connectivity index (χ2n) is 4.68. The summed E-state index contributed by atoms with van der Waals surface area (Å²) in [5.74, 6) is -4.37. The maximum atomic E-state index is 8.93. The molecule has 0 spiro atoms. The number of aliphatic carboxylic acids is 2. The molecule has 2 aliphatic rings. The van der Waals surface area contributed by atoms with E-state index in [0.717, 1.165) is 0 Å². The molecule has 0 aromatic heterocycles. The zero-order chi connectivity index (χ0) is 14.1. The van der Waals surface area contributed by atoms with Crippen molar-refractivity contribution >= 4 is 11.9 Å². The van der Waals surface area contributed by atoms with E-state index in [4.69, 9.17) is 19.8 Å². The van der Waals surface area contributed by atoms with Crippen molar-refractivity contribution in [1.29, 1.82) is 0 Å². The fourth-order valence-electron chi connectivity index (χ4n) is 2.27. The molecular weight excluding hydrogens is 252 g/mol. The molecule has 2 atom stereocenters. The molecule has 8 heteroatoms. The lowest BCUT2D eigenvalue weighted by molar-refractivity contribution is -0.675. The SMILES string of the molecule is C(CC1NCC[NH2+]1)CC1NCC[NH2+]1.O=C([O-])C(=O)[O-]. The van der Waals surface area contributed by atoms with Crippen LogP contribution in [0.15, 0.2) is 0 Å². The van der Waals surface area contributed by atoms with Crippen molar-refractivity contribution in [3.8, 4) is 0 Å². The van der Waals surface area contributed by atoms with Gasteiger partial charge in [-0.1, -0.05) is 0 Å². The summed E-state index contributed by atoms with van der Waals surface area (Å²) in [5, 5.41) is 29.7. The van der Waals surface area contributed by atoms with Crippen molar-refractivity contribution < 1.29 is 30.4 Å². The Balaban J connectivity index is 0.000000258. The predicted molar refractivity (Wildman–Crippen MR) is 61.0 cm³/mol. The lowest BCUT2D eigenvalue weighted by Crippen LogP contribution is -2.89. The third-order valence-corrected chi connectivity index (χ3v) is 3.20. The molecule has 0 saturated carbocycles. The van der Waals surface area contributed by atoms with Crippen LogP contribution < -0.4 is 31.5 Å². The van der Waals surface area contributed by atoms with Gasteiger partial charge in [0, 0.05) is 25.9 Å². The van der Waals surface area contributed by atoms with E-state index in [1.807, 2.05) is 0 Å². The van der Waals surface area contributed by atoms with Gasteiger partial charge in [0.1, 0.15) is 12.3 Å². The Morgan fingerprint density at radius 1 is 0.947 bits per heavy atom. The average Bonchev–Trinajstić information content (AvgIpc) is 3.02. The van der Waals surface area contributed by atoms with Gasteiger partial charge < -0.3 is 30.4 Å². The van der Waals surface area contributed by atoms with E-state index in [0.29, 0.717) is 12.3 Å². The van der Waals surface area contributed by atoms with E-state index in [1.165, 1.54) is 45.4 Å². The van der Waals surface area contributed by atoms with Gasteiger partial charge in [0.15, 0.2) is 0 Å². The maximum Gasteiger partial charge on any atom is 0.139 e. The molecule has 0 aromatic rings. The molecule has 0 amide bonds. The second kappa shape index (κ2) is 8.81. The van der Waals surface area contributed by atoms with Crippen molar-refractivity contribution in [3.05, 3.63) is 0 Å². The van der Waals surface area contributed by atoms with E-state index in [-0.39, 0.29) is 0 Å². The Hall–Kier alpha value is -1.22. The van der Waals surface area contributed by atoms with Crippen LogP contribution in [0.2, 0.25) is 0 Å². The highest BCUT2D eigenvalue weighted by molar-refractivity contribution is 6.25. The lowest BCUT2D eigenvalue weighted by atomic mass is 10.2. The summed E-state index contributed by atoms with van der Waals surface area (Å²) in [6.07, 6.45) is 5.42. The number of carbonyl (C=O) groups excluding carboxylic acids is 2. The zero-order valence-electron chi connectivity index (χ0n) is 10.9. The van der Waals surface area contributed by atoms with Gasteiger partial charge in [-0.15, -0.1) is 0 Å². The van der Waals surface area contributed by atoms with Crippen LogP contribution in [-0.2, 0) is 9.59 Å². The Bertz CT molecular complexity index is 260. The normalized spacial score (nSPS) is 25.7. The van der Waals surface area contributed by atoms with Gasteiger partial charge in [0.25, 0.3) is 0 Å². The van der Waals surface area contributed by atoms with Crippen molar-refractivity contribution in [2.45, 2.75) is 31.6 Å². The Labute approximate surface area is 111 Å². The fraction of sp³-hybridized carbons (Fsp3) is 0.818. The fourth-order valence-corrected chi connectivity index (χ4v) is 2.27. The largest absolute Gasteiger partial charge is 0.543 e. The molecule has 2 heterocycles. The molecule has 0 bridgehead atoms. The van der Waals surface area contributed by atoms with Crippen LogP contribution in [-0.4, -0.2) is 50.4 Å². The highest BCUT2D eigenvalue weighted by Crippen LogP contribution is 1.99. The molecule has 2 aliphatic heterocycles. The van der Waals surface area contributed by atoms with E-state index >= 15 is 0 Å². The van der Waals surface area contributed by atoms with Gasteiger partial charge in [0.2, 0.25) is 0 Å². The van der Waals surface area contributed by atoms with Gasteiger partial charge in [0.05, 0.1) is 25.0 Å². The first-order valence-corrected chi connectivity index (χ1v) is 6.65. The third-order valence-electron chi connectivity index (χ3n) is 3.20. The standard InChI is InChI=1S/C9H20N4.C2H2O4/c1(2-8-10-4-5-11-8)3-9-12-6-7-13-9;3-1(4)2(5)6/h8-13H,1-7H2;(H,3,4)(H,5,6). The lowest BCUT2D eigenvalue weighted by Gasteiger charge is -2.09. The van der Waals surface area contributed by atoms with Gasteiger partial charge in [-0.2, -0.15) is 0 Å². The molecule has 8 nitrogen and oxygen atoms in total. The van der Waals surface area contributed by atoms with E-state index in [1.54, 1.807) is 0 Å². The molecule has 110 valence electrons. The molecule has 2 fully saturated rings. The number of carboxylic acids is 2. The second-order valence-corrected chi connectivity index (χ2v) is 4.68. The van der Waals surface area contributed by atoms with Crippen LogP contribution >= 0.6 is 0 Å². The number of quaternary nitrogens is 2. The summed E-state index contributed by atoms with van der Waals surface area (Å²) < 4.78 is 0. The summed E-state index contributed by atoms with van der Waals surface area (Å²) in [5.41, 5.74) is 0. The van der Waals surface area contributed by atoms with E-state index in [2.05, 4.69) is 21.3 Å². The molecule has 2 rings (SSSR count). The van der Waals surface area contributed by atoms with Crippen molar-refractivity contribution in [2.24, 2.45) is 0 Å². The van der Waals surface area contributed by atoms with Gasteiger partial charge in [-0.3, -0.25) is 10.6 Å². The van der Waals surface area contributed by atoms with Crippen LogP contribution in [0, 0.1) is 0 Å². The van der Waals surface area contributed by atoms with Crippen molar-refractivity contribution in [3.63, 3.8) is 0 Å². The summed E-state index contributed by atoms with van der Waals surface area (Å²) in [6, 6.07) is 0. The highest BCUT2D eigenvalue weighted by atomic mass is 16.4. The zero-order valence-corrected chi connectivity index (χ0v) is 10.9. The van der Waals surface area contributed by atoms with E-state index in [9.17, 15) is 0 Å². The minimum atomic E-state index is -2.19. The summed E-state index contributed by atoms with van der Waals surface area (Å²) in [4.78, 5) is 17.9. The molecule has 0 radical (unpaired) electrons. The Morgan fingerprint density at radius 2 is 1.37 bits per heavy atom. The molecule has 2 unspecified atom stereocenters. The summed E-state index contributed by atoms with van der Waals surface area (Å²) in [7, 11) is 0. The first-order valence-electron chi connectivity index (χ1n) is 6.65. The first kappa shape index (κ1) is 15.8. The average molecular weight is 274 g/mol. The molecule has 6 N–H and O–H groups in total. The van der Waals surface area contributed by atoms with Crippen LogP contribution in [0.25, 0.3) is 0 Å². The van der Waals surface area contributed by atoms with Gasteiger partial charge in [-0.05, 0) is 6.42 Å². The first-order chi connectivity index (χ1) is 9.09. The maximum absolute atomic E-state index is 8.93. The quantitative estimate of drug-likeness (QED) is 0.376. The van der Waals surface area contributed by atoms with Gasteiger partial charge in [-0.25, -0.2) is 0 Å². The van der Waals surface area contributed by atoms with Crippen LogP contribution in [0.4, 0.5) is 0 Å². The number of carboxylic acid groups (broad SMARTS) is 2. The Morgan fingerprint density at radius 3 is 1.63 bits per heavy atom. The number of nitrogens with one attached hydrogen (secondary N) is 2. The molecule has 0 aliphatic carbocycles. The third kappa shape index (κ3) is 7.06. The van der Waals surface area contributed by atoms with Crippen LogP contribution in [0.1, 0.15) is 19.3 Å². The number of rotatable bonds is 4. The monoisotopic (exact) mass is 274 g/mol. The van der Waals surface area contributed by atoms with E-state index < -0.39 is 11.9 Å². The minimum Gasteiger partial charge on any atom is -0.543 e. The number of hydrogen-bond donors (Lipinski definition) is 4. The minimum absolute atomic E-state index is 0.710. The van der Waals surface area contributed by atoms with Crippen LogP contribution in [0.3, 0.4) is 0 Å². The molecule has 0 aromatic carbocycles. The number of hydrogen-bond acceptors (Lipinski definition) is 6. The van der Waals surface area contributed by atoms with Crippen molar-refractivity contribution in [1.82, 2.24) is 10.6 Å². The van der Waals surface area contributed by atoms with Crippen LogP contribution in [0.5, 0.6) is 0 Å². The molecule has 19 heavy (non-hydrogen) atoms. The molecule has 2 saturated heterocycles. The topological polar surface area (TPSA) is 138 Å². The van der Waals surface area contributed by atoms with Crippen molar-refractivity contribution in [2.75, 3.05) is 26.2 Å². The highest BCUT2D eigenvalue weighted by Gasteiger charge is 2.20. The van der Waals surface area contributed by atoms with Gasteiger partial charge >= 0.3 is 0 Å². The summed E-state index contributed by atoms with van der Waals surface area (Å²) in [6.45, 7) is 4.91. The predicted octanol–water partition coefficient (Wildman–Crippen LogP) is -6.37. The number of carbonyl (C=O) groups is 2. The molecular formula is C11H22N4O4. The summed E-state index contributed by atoms with van der Waals surface area (Å²) >= 11 is 0.